The summed E-state index contributed by atoms with van der Waals surface area (Å²) in [6.07, 6.45) is 4.33. The van der Waals surface area contributed by atoms with Crippen LogP contribution in [0.1, 0.15) is 24.8 Å². The first-order chi connectivity index (χ1) is 8.21. The van der Waals surface area contributed by atoms with Crippen LogP contribution < -0.4 is 5.32 Å². The van der Waals surface area contributed by atoms with Gasteiger partial charge < -0.3 is 10.1 Å². The molecule has 0 fully saturated rings. The zero-order valence-corrected chi connectivity index (χ0v) is 10.6. The summed E-state index contributed by atoms with van der Waals surface area (Å²) in [5.74, 6) is -0.0599. The largest absolute Gasteiger partial charge is 0.466 e. The van der Waals surface area contributed by atoms with Crippen molar-refractivity contribution in [3.63, 3.8) is 0 Å². The highest BCUT2D eigenvalue weighted by atomic mass is 16.5. The zero-order valence-electron chi connectivity index (χ0n) is 10.6. The van der Waals surface area contributed by atoms with Gasteiger partial charge in [0.1, 0.15) is 0 Å². The normalized spacial score (nSPS) is 12.4. The van der Waals surface area contributed by atoms with Crippen molar-refractivity contribution in [2.24, 2.45) is 0 Å². The van der Waals surface area contributed by atoms with E-state index in [2.05, 4.69) is 29.1 Å². The minimum Gasteiger partial charge on any atom is -0.466 e. The molecule has 0 aliphatic carbocycles. The van der Waals surface area contributed by atoms with E-state index in [1.165, 1.54) is 18.7 Å². The molecule has 0 amide bonds. The zero-order chi connectivity index (χ0) is 12.7. The maximum Gasteiger partial charge on any atom is 0.330 e. The van der Waals surface area contributed by atoms with Crippen LogP contribution in [0.3, 0.4) is 0 Å². The number of methoxy groups -OCH3 is 1. The van der Waals surface area contributed by atoms with E-state index >= 15 is 0 Å². The Morgan fingerprint density at radius 2 is 2.06 bits per heavy atom. The number of rotatable bonds is 5. The van der Waals surface area contributed by atoms with Crippen LogP contribution in [0.25, 0.3) is 0 Å². The van der Waals surface area contributed by atoms with Crippen molar-refractivity contribution >= 4 is 11.7 Å². The molecule has 1 atom stereocenters. The number of hydrogen-bond donors (Lipinski definition) is 1. The van der Waals surface area contributed by atoms with Crippen LogP contribution in [-0.4, -0.2) is 20.1 Å². The molecule has 0 heterocycles. The number of allylic oxidation sites excluding steroid dienone is 1. The van der Waals surface area contributed by atoms with Gasteiger partial charge in [-0.05, 0) is 24.1 Å². The number of carbonyl (C=O) groups is 1. The minimum absolute atomic E-state index is 0.250. The monoisotopic (exact) mass is 233 g/mol. The van der Waals surface area contributed by atoms with Crippen molar-refractivity contribution in [1.82, 2.24) is 0 Å². The lowest BCUT2D eigenvalue weighted by Crippen LogP contribution is -1.98. The van der Waals surface area contributed by atoms with E-state index < -0.39 is 0 Å². The van der Waals surface area contributed by atoms with Gasteiger partial charge in [0.15, 0.2) is 0 Å². The molecule has 1 rings (SSSR count). The van der Waals surface area contributed by atoms with E-state index in [1.807, 2.05) is 25.3 Å². The molecule has 1 unspecified atom stereocenters. The summed E-state index contributed by atoms with van der Waals surface area (Å²) in [4.78, 5) is 11.0. The fraction of sp³-hybridized carbons (Fsp3) is 0.357. The van der Waals surface area contributed by atoms with Gasteiger partial charge in [-0.15, -0.1) is 0 Å². The summed E-state index contributed by atoms with van der Waals surface area (Å²) >= 11 is 0. The third-order valence-electron chi connectivity index (χ3n) is 2.73. The number of hydrogen-bond acceptors (Lipinski definition) is 3. The van der Waals surface area contributed by atoms with Gasteiger partial charge >= 0.3 is 5.97 Å². The van der Waals surface area contributed by atoms with Crippen LogP contribution in [0, 0.1) is 0 Å². The Balaban J connectivity index is 2.78. The van der Waals surface area contributed by atoms with Gasteiger partial charge in [0.25, 0.3) is 0 Å². The maximum atomic E-state index is 11.0. The van der Waals surface area contributed by atoms with Crippen LogP contribution in [0.4, 0.5) is 5.69 Å². The molecular weight excluding hydrogens is 214 g/mol. The summed E-state index contributed by atoms with van der Waals surface area (Å²) in [5.41, 5.74) is 2.28. The molecule has 3 nitrogen and oxygen atoms in total. The van der Waals surface area contributed by atoms with Gasteiger partial charge in [-0.1, -0.05) is 25.1 Å². The Kier molecular flexibility index (Phi) is 5.27. The Morgan fingerprint density at radius 3 is 2.53 bits per heavy atom. The Bertz CT molecular complexity index is 382. The standard InChI is InChI=1S/C14H19NO2/c1-4-11(7-10-14(16)17-3)12-5-8-13(15-2)9-6-12/h5-11,15H,4H2,1-3H3/b10-7+. The first kappa shape index (κ1) is 13.3. The number of ether oxygens (including phenoxy) is 1. The van der Waals surface area contributed by atoms with Crippen LogP contribution in [-0.2, 0) is 9.53 Å². The molecule has 0 aliphatic heterocycles. The molecule has 3 heteroatoms. The second kappa shape index (κ2) is 6.74. The van der Waals surface area contributed by atoms with Crippen molar-refractivity contribution in [1.29, 1.82) is 0 Å². The second-order valence-corrected chi connectivity index (χ2v) is 3.77. The number of benzene rings is 1. The number of nitrogens with one attached hydrogen (secondary N) is 1. The van der Waals surface area contributed by atoms with Crippen LogP contribution in [0.2, 0.25) is 0 Å². The van der Waals surface area contributed by atoms with E-state index in [0.717, 1.165) is 12.1 Å². The Hall–Kier alpha value is -1.77. The second-order valence-electron chi connectivity index (χ2n) is 3.77. The minimum atomic E-state index is -0.310. The van der Waals surface area contributed by atoms with Gasteiger partial charge in [-0.3, -0.25) is 0 Å². The maximum absolute atomic E-state index is 11.0. The highest BCUT2D eigenvalue weighted by molar-refractivity contribution is 5.81. The van der Waals surface area contributed by atoms with E-state index in [-0.39, 0.29) is 11.9 Å². The van der Waals surface area contributed by atoms with E-state index in [4.69, 9.17) is 0 Å². The Labute approximate surface area is 102 Å². The lowest BCUT2D eigenvalue weighted by atomic mass is 9.96. The predicted octanol–water partition coefficient (Wildman–Crippen LogP) is 2.95. The lowest BCUT2D eigenvalue weighted by molar-refractivity contribution is -0.134. The third kappa shape index (κ3) is 3.94. The molecule has 0 spiro atoms. The van der Waals surface area contributed by atoms with Gasteiger partial charge in [-0.25, -0.2) is 4.79 Å². The number of esters is 1. The summed E-state index contributed by atoms with van der Waals surface area (Å²) in [6.45, 7) is 2.10. The van der Waals surface area contributed by atoms with Crippen molar-refractivity contribution in [2.45, 2.75) is 19.3 Å². The molecule has 0 saturated heterocycles. The SMILES string of the molecule is CCC(/C=C/C(=O)OC)c1ccc(NC)cc1. The Morgan fingerprint density at radius 1 is 1.41 bits per heavy atom. The summed E-state index contributed by atoms with van der Waals surface area (Å²) in [5, 5.41) is 3.08. The molecular formula is C14H19NO2. The molecule has 0 aromatic heterocycles. The van der Waals surface area contributed by atoms with Crippen LogP contribution >= 0.6 is 0 Å². The summed E-state index contributed by atoms with van der Waals surface area (Å²) in [6, 6.07) is 8.21. The average molecular weight is 233 g/mol. The molecule has 0 bridgehead atoms. The summed E-state index contributed by atoms with van der Waals surface area (Å²) in [7, 11) is 3.28. The van der Waals surface area contributed by atoms with Gasteiger partial charge in [-0.2, -0.15) is 0 Å². The average Bonchev–Trinajstić information content (AvgIpc) is 2.39. The van der Waals surface area contributed by atoms with E-state index in [1.54, 1.807) is 0 Å². The fourth-order valence-electron chi connectivity index (χ4n) is 1.64. The van der Waals surface area contributed by atoms with Crippen LogP contribution in [0.5, 0.6) is 0 Å². The quantitative estimate of drug-likeness (QED) is 0.627. The van der Waals surface area contributed by atoms with E-state index in [9.17, 15) is 4.79 Å². The number of anilines is 1. The van der Waals surface area contributed by atoms with Gasteiger partial charge in [0.2, 0.25) is 0 Å². The molecule has 0 aliphatic rings. The van der Waals surface area contributed by atoms with Gasteiger partial charge in [0, 0.05) is 24.7 Å². The molecule has 0 saturated carbocycles. The van der Waals surface area contributed by atoms with Gasteiger partial charge in [0.05, 0.1) is 7.11 Å². The third-order valence-corrected chi connectivity index (χ3v) is 2.73. The van der Waals surface area contributed by atoms with Crippen LogP contribution in [0.15, 0.2) is 36.4 Å². The highest BCUT2D eigenvalue weighted by Crippen LogP contribution is 2.22. The van der Waals surface area contributed by atoms with Crippen molar-refractivity contribution < 1.29 is 9.53 Å². The summed E-state index contributed by atoms with van der Waals surface area (Å²) < 4.78 is 4.58. The topological polar surface area (TPSA) is 38.3 Å². The number of carbonyl (C=O) groups excluding carboxylic acids is 1. The molecule has 1 aromatic carbocycles. The molecule has 92 valence electrons. The first-order valence-electron chi connectivity index (χ1n) is 5.75. The molecule has 1 N–H and O–H groups in total. The smallest absolute Gasteiger partial charge is 0.330 e. The fourth-order valence-corrected chi connectivity index (χ4v) is 1.64. The van der Waals surface area contributed by atoms with Crippen molar-refractivity contribution in [3.8, 4) is 0 Å². The predicted molar refractivity (Wildman–Crippen MR) is 70.2 cm³/mol. The van der Waals surface area contributed by atoms with Crippen molar-refractivity contribution in [2.75, 3.05) is 19.5 Å². The molecule has 1 aromatic rings. The molecule has 0 radical (unpaired) electrons. The van der Waals surface area contributed by atoms with E-state index in [0.29, 0.717) is 0 Å². The molecule has 17 heavy (non-hydrogen) atoms. The lowest BCUT2D eigenvalue weighted by Gasteiger charge is -2.11. The highest BCUT2D eigenvalue weighted by Gasteiger charge is 2.06. The first-order valence-corrected chi connectivity index (χ1v) is 5.75. The van der Waals surface area contributed by atoms with Crippen molar-refractivity contribution in [3.05, 3.63) is 42.0 Å².